The second-order valence-electron chi connectivity index (χ2n) is 6.31. The zero-order valence-corrected chi connectivity index (χ0v) is 15.1. The summed E-state index contributed by atoms with van der Waals surface area (Å²) in [6.45, 7) is 0.834. The van der Waals surface area contributed by atoms with Gasteiger partial charge >= 0.3 is 0 Å². The number of nitrogens with one attached hydrogen (secondary N) is 1. The average Bonchev–Trinajstić information content (AvgIpc) is 3.32. The van der Waals surface area contributed by atoms with Gasteiger partial charge in [0.05, 0.1) is 6.20 Å². The minimum Gasteiger partial charge on any atom is -0.262 e. The number of nitrogens with zero attached hydrogens (tertiary/aromatic N) is 6. The van der Waals surface area contributed by atoms with Crippen LogP contribution in [0.4, 0.5) is 0 Å². The maximum atomic E-state index is 12.9. The van der Waals surface area contributed by atoms with E-state index in [2.05, 4.69) is 25.5 Å². The van der Waals surface area contributed by atoms with E-state index < -0.39 is 10.0 Å². The summed E-state index contributed by atoms with van der Waals surface area (Å²) in [6, 6.07) is 9.69. The van der Waals surface area contributed by atoms with Crippen molar-refractivity contribution in [3.8, 4) is 11.4 Å². The molecular weight excluding hydrogens is 354 g/mol. The zero-order valence-electron chi connectivity index (χ0n) is 14.3. The Bertz CT molecular complexity index is 997. The number of sulfonamides is 1. The Hall–Kier alpha value is -2.59. The maximum Gasteiger partial charge on any atom is 0.261 e. The normalized spacial score (nSPS) is 18.9. The van der Waals surface area contributed by atoms with Gasteiger partial charge in [-0.25, -0.2) is 18.1 Å². The summed E-state index contributed by atoms with van der Waals surface area (Å²) < 4.78 is 28.5. The van der Waals surface area contributed by atoms with Crippen molar-refractivity contribution in [2.24, 2.45) is 7.05 Å². The highest BCUT2D eigenvalue weighted by Gasteiger charge is 2.34. The van der Waals surface area contributed by atoms with Crippen LogP contribution < -0.4 is 0 Å². The van der Waals surface area contributed by atoms with E-state index in [1.807, 2.05) is 30.3 Å². The molecule has 3 aromatic rings. The quantitative estimate of drug-likeness (QED) is 0.735. The Morgan fingerprint density at radius 3 is 2.77 bits per heavy atom. The van der Waals surface area contributed by atoms with Crippen LogP contribution in [0.3, 0.4) is 0 Å². The fourth-order valence-corrected chi connectivity index (χ4v) is 4.76. The van der Waals surface area contributed by atoms with Crippen LogP contribution in [0.1, 0.15) is 24.6 Å². The highest BCUT2D eigenvalue weighted by atomic mass is 32.2. The summed E-state index contributed by atoms with van der Waals surface area (Å²) in [4.78, 5) is 4.58. The number of aryl methyl sites for hydroxylation is 1. The number of piperidine rings is 1. The number of benzene rings is 1. The number of hydrogen-bond donors (Lipinski definition) is 1. The fraction of sp³-hybridized carbons (Fsp3) is 0.375. The Morgan fingerprint density at radius 2 is 2.04 bits per heavy atom. The third-order valence-electron chi connectivity index (χ3n) is 4.58. The molecular formula is C16H19N7O2S. The number of H-pyrrole nitrogens is 1. The van der Waals surface area contributed by atoms with Crippen LogP contribution in [-0.2, 0) is 17.1 Å². The molecule has 2 aromatic heterocycles. The molecule has 0 saturated carbocycles. The van der Waals surface area contributed by atoms with E-state index in [-0.39, 0.29) is 10.9 Å². The minimum atomic E-state index is -3.63. The smallest absolute Gasteiger partial charge is 0.261 e. The summed E-state index contributed by atoms with van der Waals surface area (Å²) in [7, 11) is -2.05. The first-order valence-electron chi connectivity index (χ1n) is 8.38. The predicted octanol–water partition coefficient (Wildman–Crippen LogP) is 1.17. The summed E-state index contributed by atoms with van der Waals surface area (Å²) in [5.74, 6) is 1.31. The van der Waals surface area contributed by atoms with E-state index in [0.717, 1.165) is 18.4 Å². The molecule has 1 aliphatic heterocycles. The zero-order chi connectivity index (χ0) is 18.1. The number of aromatic nitrogens is 6. The van der Waals surface area contributed by atoms with Gasteiger partial charge in [0.15, 0.2) is 10.9 Å². The number of aromatic amines is 1. The largest absolute Gasteiger partial charge is 0.262 e. The Kier molecular flexibility index (Phi) is 4.29. The third-order valence-corrected chi connectivity index (χ3v) is 6.49. The lowest BCUT2D eigenvalue weighted by Crippen LogP contribution is -2.40. The van der Waals surface area contributed by atoms with E-state index in [1.54, 1.807) is 7.05 Å². The average molecular weight is 373 g/mol. The molecule has 1 fully saturated rings. The summed E-state index contributed by atoms with van der Waals surface area (Å²) in [5, 5.41) is 14.8. The first-order valence-corrected chi connectivity index (χ1v) is 9.82. The highest BCUT2D eigenvalue weighted by molar-refractivity contribution is 7.89. The lowest BCUT2D eigenvalue weighted by molar-refractivity contribution is 0.307. The van der Waals surface area contributed by atoms with Crippen LogP contribution in [0.25, 0.3) is 11.4 Å². The van der Waals surface area contributed by atoms with E-state index in [9.17, 15) is 8.42 Å². The van der Waals surface area contributed by atoms with Crippen molar-refractivity contribution in [3.05, 3.63) is 42.4 Å². The Balaban J connectivity index is 1.56. The van der Waals surface area contributed by atoms with Crippen LogP contribution in [0.15, 0.2) is 41.6 Å². The molecule has 0 spiro atoms. The topological polar surface area (TPSA) is 110 Å². The van der Waals surface area contributed by atoms with Crippen LogP contribution in [0, 0.1) is 0 Å². The van der Waals surface area contributed by atoms with Crippen molar-refractivity contribution in [1.82, 2.24) is 34.5 Å². The molecule has 4 rings (SSSR count). The Morgan fingerprint density at radius 1 is 1.23 bits per heavy atom. The van der Waals surface area contributed by atoms with Crippen molar-refractivity contribution in [3.63, 3.8) is 0 Å². The standard InChI is InChI=1S/C16H19N7O2S/c1-22-14(10-17-21-22)26(24,25)23-9-5-8-13(11-23)16-18-15(19-20-16)12-6-3-2-4-7-12/h2-4,6-7,10,13H,5,8-9,11H2,1H3,(H,18,19,20). The van der Waals surface area contributed by atoms with Gasteiger partial charge in [0.25, 0.3) is 10.0 Å². The molecule has 1 unspecified atom stereocenters. The molecule has 9 nitrogen and oxygen atoms in total. The van der Waals surface area contributed by atoms with Crippen molar-refractivity contribution >= 4 is 10.0 Å². The molecule has 1 saturated heterocycles. The van der Waals surface area contributed by atoms with Gasteiger partial charge in [0.1, 0.15) is 5.82 Å². The molecule has 0 aliphatic carbocycles. The molecule has 10 heteroatoms. The van der Waals surface area contributed by atoms with Gasteiger partial charge in [-0.3, -0.25) is 5.10 Å². The lowest BCUT2D eigenvalue weighted by Gasteiger charge is -2.30. The van der Waals surface area contributed by atoms with Crippen LogP contribution in [-0.4, -0.2) is 56.0 Å². The molecule has 3 heterocycles. The van der Waals surface area contributed by atoms with E-state index in [0.29, 0.717) is 24.7 Å². The molecule has 0 amide bonds. The first-order chi connectivity index (χ1) is 12.6. The monoisotopic (exact) mass is 373 g/mol. The van der Waals surface area contributed by atoms with Crippen molar-refractivity contribution in [2.45, 2.75) is 23.8 Å². The molecule has 136 valence electrons. The first kappa shape index (κ1) is 16.9. The van der Waals surface area contributed by atoms with Gasteiger partial charge in [0, 0.05) is 31.6 Å². The van der Waals surface area contributed by atoms with Crippen molar-refractivity contribution < 1.29 is 8.42 Å². The second-order valence-corrected chi connectivity index (χ2v) is 8.19. The van der Waals surface area contributed by atoms with Gasteiger partial charge in [-0.2, -0.15) is 9.40 Å². The van der Waals surface area contributed by atoms with E-state index >= 15 is 0 Å². The van der Waals surface area contributed by atoms with Gasteiger partial charge in [0.2, 0.25) is 0 Å². The fourth-order valence-electron chi connectivity index (χ4n) is 3.20. The summed E-state index contributed by atoms with van der Waals surface area (Å²) in [5.41, 5.74) is 0.927. The summed E-state index contributed by atoms with van der Waals surface area (Å²) >= 11 is 0. The van der Waals surface area contributed by atoms with Crippen LogP contribution in [0.2, 0.25) is 0 Å². The lowest BCUT2D eigenvalue weighted by atomic mass is 9.99. The van der Waals surface area contributed by atoms with Crippen LogP contribution >= 0.6 is 0 Å². The second kappa shape index (κ2) is 6.61. The highest BCUT2D eigenvalue weighted by Crippen LogP contribution is 2.29. The maximum absolute atomic E-state index is 12.9. The molecule has 1 aromatic carbocycles. The molecule has 1 atom stereocenters. The van der Waals surface area contributed by atoms with Crippen molar-refractivity contribution in [2.75, 3.05) is 13.1 Å². The Labute approximate surface area is 151 Å². The summed E-state index contributed by atoms with van der Waals surface area (Å²) in [6.07, 6.45) is 2.90. The van der Waals surface area contributed by atoms with E-state index in [1.165, 1.54) is 15.2 Å². The SMILES string of the molecule is Cn1nncc1S(=O)(=O)N1CCCC(c2nc(-c3ccccc3)n[nH]2)C1. The molecule has 0 bridgehead atoms. The molecule has 1 N–H and O–H groups in total. The van der Waals surface area contributed by atoms with Crippen LogP contribution in [0.5, 0.6) is 0 Å². The van der Waals surface area contributed by atoms with E-state index in [4.69, 9.17) is 0 Å². The predicted molar refractivity (Wildman–Crippen MR) is 93.6 cm³/mol. The number of rotatable bonds is 4. The third kappa shape index (κ3) is 3.01. The molecule has 1 aliphatic rings. The molecule has 0 radical (unpaired) electrons. The number of hydrogen-bond acceptors (Lipinski definition) is 6. The molecule has 26 heavy (non-hydrogen) atoms. The van der Waals surface area contributed by atoms with Gasteiger partial charge < -0.3 is 0 Å². The van der Waals surface area contributed by atoms with Crippen molar-refractivity contribution in [1.29, 1.82) is 0 Å². The van der Waals surface area contributed by atoms with Gasteiger partial charge in [-0.15, -0.1) is 5.10 Å². The minimum absolute atomic E-state index is 0.0235. The van der Waals surface area contributed by atoms with Gasteiger partial charge in [-0.1, -0.05) is 35.5 Å². The van der Waals surface area contributed by atoms with Gasteiger partial charge in [-0.05, 0) is 12.8 Å².